The monoisotopic (exact) mass is 124 g/mol. The SMILES string of the molecule is CC(N)C1CC(C#N)C1. The van der Waals surface area contributed by atoms with Crippen LogP contribution in [-0.2, 0) is 0 Å². The van der Waals surface area contributed by atoms with E-state index in [0.29, 0.717) is 11.8 Å². The highest BCUT2D eigenvalue weighted by atomic mass is 14.6. The van der Waals surface area contributed by atoms with Crippen molar-refractivity contribution in [3.05, 3.63) is 0 Å². The van der Waals surface area contributed by atoms with E-state index in [0.717, 1.165) is 12.8 Å². The van der Waals surface area contributed by atoms with Crippen molar-refractivity contribution in [1.82, 2.24) is 0 Å². The summed E-state index contributed by atoms with van der Waals surface area (Å²) in [4.78, 5) is 0. The number of nitrogens with two attached hydrogens (primary N) is 1. The lowest BCUT2D eigenvalue weighted by Gasteiger charge is -2.33. The zero-order valence-corrected chi connectivity index (χ0v) is 5.67. The molecule has 0 radical (unpaired) electrons. The van der Waals surface area contributed by atoms with E-state index in [1.165, 1.54) is 0 Å². The second-order valence-corrected chi connectivity index (χ2v) is 2.92. The lowest BCUT2D eigenvalue weighted by molar-refractivity contribution is 0.214. The van der Waals surface area contributed by atoms with Gasteiger partial charge in [0.2, 0.25) is 0 Å². The van der Waals surface area contributed by atoms with Crippen molar-refractivity contribution >= 4 is 0 Å². The van der Waals surface area contributed by atoms with Crippen molar-refractivity contribution in [3.8, 4) is 6.07 Å². The Balaban J connectivity index is 2.21. The van der Waals surface area contributed by atoms with Gasteiger partial charge in [0.05, 0.1) is 6.07 Å². The highest BCUT2D eigenvalue weighted by Gasteiger charge is 2.30. The smallest absolute Gasteiger partial charge is 0.0656 e. The van der Waals surface area contributed by atoms with Crippen molar-refractivity contribution in [2.24, 2.45) is 17.6 Å². The van der Waals surface area contributed by atoms with Gasteiger partial charge in [0, 0.05) is 12.0 Å². The van der Waals surface area contributed by atoms with Crippen LogP contribution in [0, 0.1) is 23.2 Å². The van der Waals surface area contributed by atoms with Crippen LogP contribution in [0.3, 0.4) is 0 Å². The van der Waals surface area contributed by atoms with Crippen LogP contribution in [0.2, 0.25) is 0 Å². The standard InChI is InChI=1S/C7H12N2/c1-5(9)7-2-6(3-7)4-8/h5-7H,2-3,9H2,1H3. The predicted octanol–water partition coefficient (Wildman–Crippen LogP) is 0.883. The Morgan fingerprint density at radius 1 is 1.67 bits per heavy atom. The maximum absolute atomic E-state index is 8.39. The Morgan fingerprint density at radius 3 is 2.56 bits per heavy atom. The summed E-state index contributed by atoms with van der Waals surface area (Å²) in [7, 11) is 0. The van der Waals surface area contributed by atoms with Gasteiger partial charge in [-0.2, -0.15) is 5.26 Å². The van der Waals surface area contributed by atoms with Crippen molar-refractivity contribution in [1.29, 1.82) is 5.26 Å². The Hall–Kier alpha value is -0.550. The van der Waals surface area contributed by atoms with Crippen LogP contribution in [-0.4, -0.2) is 6.04 Å². The summed E-state index contributed by atoms with van der Waals surface area (Å²) >= 11 is 0. The summed E-state index contributed by atoms with van der Waals surface area (Å²) in [6, 6.07) is 2.52. The van der Waals surface area contributed by atoms with E-state index < -0.39 is 0 Å². The fourth-order valence-electron chi connectivity index (χ4n) is 1.20. The molecular formula is C7H12N2. The number of nitrogens with zero attached hydrogens (tertiary/aromatic N) is 1. The minimum atomic E-state index is 0.287. The average molecular weight is 124 g/mol. The van der Waals surface area contributed by atoms with Gasteiger partial charge in [-0.05, 0) is 25.7 Å². The van der Waals surface area contributed by atoms with Crippen molar-refractivity contribution in [2.75, 3.05) is 0 Å². The van der Waals surface area contributed by atoms with E-state index in [1.54, 1.807) is 0 Å². The van der Waals surface area contributed by atoms with Gasteiger partial charge in [-0.15, -0.1) is 0 Å². The molecule has 0 aromatic carbocycles. The molecule has 0 amide bonds. The van der Waals surface area contributed by atoms with Crippen molar-refractivity contribution in [3.63, 3.8) is 0 Å². The number of hydrogen-bond acceptors (Lipinski definition) is 2. The summed E-state index contributed by atoms with van der Waals surface area (Å²) in [5, 5.41) is 8.39. The average Bonchev–Trinajstić information content (AvgIpc) is 1.61. The third-order valence-corrected chi connectivity index (χ3v) is 2.10. The zero-order valence-electron chi connectivity index (χ0n) is 5.67. The molecule has 0 heterocycles. The Morgan fingerprint density at radius 2 is 2.22 bits per heavy atom. The first-order valence-corrected chi connectivity index (χ1v) is 3.39. The lowest BCUT2D eigenvalue weighted by atomic mass is 9.72. The molecule has 1 aliphatic rings. The summed E-state index contributed by atoms with van der Waals surface area (Å²) in [6.45, 7) is 2.01. The van der Waals surface area contributed by atoms with Gasteiger partial charge in [0.1, 0.15) is 0 Å². The van der Waals surface area contributed by atoms with E-state index in [9.17, 15) is 0 Å². The Bertz CT molecular complexity index is 128. The largest absolute Gasteiger partial charge is 0.328 e. The summed E-state index contributed by atoms with van der Waals surface area (Å²) in [5.74, 6) is 0.927. The summed E-state index contributed by atoms with van der Waals surface area (Å²) < 4.78 is 0. The third kappa shape index (κ3) is 1.22. The minimum Gasteiger partial charge on any atom is -0.328 e. The van der Waals surface area contributed by atoms with Gasteiger partial charge in [-0.1, -0.05) is 0 Å². The van der Waals surface area contributed by atoms with Crippen molar-refractivity contribution < 1.29 is 0 Å². The fourth-order valence-corrected chi connectivity index (χ4v) is 1.20. The predicted molar refractivity (Wildman–Crippen MR) is 35.5 cm³/mol. The van der Waals surface area contributed by atoms with Gasteiger partial charge in [-0.3, -0.25) is 0 Å². The summed E-state index contributed by atoms with van der Waals surface area (Å²) in [5.41, 5.74) is 5.61. The molecule has 0 bridgehead atoms. The number of hydrogen-bond donors (Lipinski definition) is 1. The van der Waals surface area contributed by atoms with E-state index >= 15 is 0 Å². The maximum Gasteiger partial charge on any atom is 0.0656 e. The van der Waals surface area contributed by atoms with Crippen LogP contribution in [0.25, 0.3) is 0 Å². The first-order chi connectivity index (χ1) is 4.24. The molecule has 1 unspecified atom stereocenters. The van der Waals surface area contributed by atoms with Crippen LogP contribution in [0.1, 0.15) is 19.8 Å². The molecule has 1 rings (SSSR count). The minimum absolute atomic E-state index is 0.287. The van der Waals surface area contributed by atoms with Gasteiger partial charge >= 0.3 is 0 Å². The maximum atomic E-state index is 8.39. The second-order valence-electron chi connectivity index (χ2n) is 2.92. The first kappa shape index (κ1) is 6.57. The molecule has 1 aliphatic carbocycles. The van der Waals surface area contributed by atoms with Crippen LogP contribution < -0.4 is 5.73 Å². The fraction of sp³-hybridized carbons (Fsp3) is 0.857. The van der Waals surface area contributed by atoms with Crippen LogP contribution in [0.4, 0.5) is 0 Å². The molecule has 0 aliphatic heterocycles. The third-order valence-electron chi connectivity index (χ3n) is 2.10. The summed E-state index contributed by atoms with van der Waals surface area (Å²) in [6.07, 6.45) is 2.04. The Labute approximate surface area is 55.7 Å². The molecule has 1 fully saturated rings. The topological polar surface area (TPSA) is 49.8 Å². The molecule has 9 heavy (non-hydrogen) atoms. The molecule has 2 nitrogen and oxygen atoms in total. The van der Waals surface area contributed by atoms with Crippen LogP contribution in [0.15, 0.2) is 0 Å². The highest BCUT2D eigenvalue weighted by Crippen LogP contribution is 2.34. The molecular weight excluding hydrogens is 112 g/mol. The first-order valence-electron chi connectivity index (χ1n) is 3.39. The van der Waals surface area contributed by atoms with Crippen molar-refractivity contribution in [2.45, 2.75) is 25.8 Å². The lowest BCUT2D eigenvalue weighted by Crippen LogP contribution is -2.36. The highest BCUT2D eigenvalue weighted by molar-refractivity contribution is 4.96. The molecule has 50 valence electrons. The number of rotatable bonds is 1. The molecule has 1 atom stereocenters. The van der Waals surface area contributed by atoms with E-state index in [1.807, 2.05) is 6.92 Å². The van der Waals surface area contributed by atoms with E-state index in [2.05, 4.69) is 6.07 Å². The van der Waals surface area contributed by atoms with Gasteiger partial charge < -0.3 is 5.73 Å². The molecule has 0 aromatic heterocycles. The zero-order chi connectivity index (χ0) is 6.85. The molecule has 0 aromatic rings. The van der Waals surface area contributed by atoms with E-state index in [4.69, 9.17) is 11.0 Å². The second kappa shape index (κ2) is 2.36. The molecule has 0 spiro atoms. The van der Waals surface area contributed by atoms with Gasteiger partial charge in [0.25, 0.3) is 0 Å². The van der Waals surface area contributed by atoms with Gasteiger partial charge in [-0.25, -0.2) is 0 Å². The molecule has 2 N–H and O–H groups in total. The van der Waals surface area contributed by atoms with Gasteiger partial charge in [0.15, 0.2) is 0 Å². The number of nitriles is 1. The molecule has 2 heteroatoms. The van der Waals surface area contributed by atoms with Crippen LogP contribution >= 0.6 is 0 Å². The van der Waals surface area contributed by atoms with Crippen LogP contribution in [0.5, 0.6) is 0 Å². The molecule has 0 saturated heterocycles. The quantitative estimate of drug-likeness (QED) is 0.564. The normalized spacial score (nSPS) is 36.6. The Kier molecular flexibility index (Phi) is 1.73. The van der Waals surface area contributed by atoms with E-state index in [-0.39, 0.29) is 6.04 Å². The molecule has 1 saturated carbocycles.